The number of hydrazine groups is 1. The van der Waals surface area contributed by atoms with E-state index in [9.17, 15) is 4.79 Å². The highest BCUT2D eigenvalue weighted by atomic mass is 32.2. The molecule has 0 unspecified atom stereocenters. The van der Waals surface area contributed by atoms with Crippen LogP contribution in [0, 0.1) is 0 Å². The molecule has 0 aliphatic carbocycles. The summed E-state index contributed by atoms with van der Waals surface area (Å²) >= 11 is 1.66. The molecule has 0 spiro atoms. The van der Waals surface area contributed by atoms with Gasteiger partial charge in [0.05, 0.1) is 12.4 Å². The number of aromatic nitrogens is 2. The van der Waals surface area contributed by atoms with E-state index in [1.54, 1.807) is 11.8 Å². The molecule has 1 aromatic rings. The Hall–Kier alpha value is -1.34. The van der Waals surface area contributed by atoms with Crippen molar-refractivity contribution in [3.05, 3.63) is 18.1 Å². The van der Waals surface area contributed by atoms with Crippen LogP contribution in [0.15, 0.2) is 12.4 Å². The van der Waals surface area contributed by atoms with Crippen molar-refractivity contribution in [3.8, 4) is 0 Å². The van der Waals surface area contributed by atoms with Crippen LogP contribution in [0.2, 0.25) is 0 Å². The van der Waals surface area contributed by atoms with Gasteiger partial charge in [-0.2, -0.15) is 11.8 Å². The van der Waals surface area contributed by atoms with Crippen molar-refractivity contribution in [2.75, 3.05) is 24.0 Å². The molecular weight excluding hydrogens is 214 g/mol. The third-order valence-electron chi connectivity index (χ3n) is 1.61. The Morgan fingerprint density at radius 3 is 3.07 bits per heavy atom. The van der Waals surface area contributed by atoms with Crippen molar-refractivity contribution in [1.82, 2.24) is 15.3 Å². The van der Waals surface area contributed by atoms with Crippen LogP contribution in [0.1, 0.15) is 10.5 Å². The lowest BCUT2D eigenvalue weighted by atomic mass is 10.4. The van der Waals surface area contributed by atoms with E-state index < -0.39 is 0 Å². The molecule has 15 heavy (non-hydrogen) atoms. The summed E-state index contributed by atoms with van der Waals surface area (Å²) in [5, 5.41) is 2.72. The monoisotopic (exact) mass is 227 g/mol. The van der Waals surface area contributed by atoms with Gasteiger partial charge in [0, 0.05) is 12.3 Å². The summed E-state index contributed by atoms with van der Waals surface area (Å²) in [6, 6.07) is 0. The van der Waals surface area contributed by atoms with Crippen molar-refractivity contribution >= 4 is 23.5 Å². The van der Waals surface area contributed by atoms with Crippen molar-refractivity contribution in [1.29, 1.82) is 0 Å². The summed E-state index contributed by atoms with van der Waals surface area (Å²) < 4.78 is 0. The van der Waals surface area contributed by atoms with Crippen molar-refractivity contribution in [2.24, 2.45) is 5.84 Å². The lowest BCUT2D eigenvalue weighted by molar-refractivity contribution is 0.0951. The van der Waals surface area contributed by atoms with Crippen molar-refractivity contribution < 1.29 is 4.79 Å². The van der Waals surface area contributed by atoms with Gasteiger partial charge in [-0.05, 0) is 6.26 Å². The van der Waals surface area contributed by atoms with E-state index in [2.05, 4.69) is 20.7 Å². The molecule has 0 fully saturated rings. The number of rotatable bonds is 5. The maximum Gasteiger partial charge on any atom is 0.271 e. The van der Waals surface area contributed by atoms with Gasteiger partial charge >= 0.3 is 0 Å². The average molecular weight is 227 g/mol. The number of amides is 1. The van der Waals surface area contributed by atoms with E-state index in [-0.39, 0.29) is 11.6 Å². The number of hydrogen-bond donors (Lipinski definition) is 3. The fourth-order valence-corrected chi connectivity index (χ4v) is 1.21. The SMILES string of the molecule is CSCCNC(=O)c1cncc(NN)n1. The molecule has 0 saturated heterocycles. The van der Waals surface area contributed by atoms with E-state index in [1.165, 1.54) is 12.4 Å². The van der Waals surface area contributed by atoms with E-state index in [0.717, 1.165) is 5.75 Å². The fraction of sp³-hybridized carbons (Fsp3) is 0.375. The van der Waals surface area contributed by atoms with Gasteiger partial charge in [0.2, 0.25) is 0 Å². The second-order valence-corrected chi connectivity index (χ2v) is 3.67. The third kappa shape index (κ3) is 3.72. The quantitative estimate of drug-likeness (QED) is 0.368. The minimum atomic E-state index is -0.242. The summed E-state index contributed by atoms with van der Waals surface area (Å²) in [5.41, 5.74) is 2.59. The number of carbonyl (C=O) groups excluding carboxylic acids is 1. The van der Waals surface area contributed by atoms with Gasteiger partial charge in [-0.15, -0.1) is 0 Å². The molecule has 82 valence electrons. The summed E-state index contributed by atoms with van der Waals surface area (Å²) in [4.78, 5) is 19.3. The highest BCUT2D eigenvalue weighted by Gasteiger charge is 2.07. The van der Waals surface area contributed by atoms with Crippen molar-refractivity contribution in [3.63, 3.8) is 0 Å². The lowest BCUT2D eigenvalue weighted by Crippen LogP contribution is -2.27. The normalized spacial score (nSPS) is 9.73. The van der Waals surface area contributed by atoms with Crippen LogP contribution < -0.4 is 16.6 Å². The van der Waals surface area contributed by atoms with E-state index in [1.807, 2.05) is 6.26 Å². The van der Waals surface area contributed by atoms with Crippen molar-refractivity contribution in [2.45, 2.75) is 0 Å². The van der Waals surface area contributed by atoms with Gasteiger partial charge < -0.3 is 10.7 Å². The van der Waals surface area contributed by atoms with Crippen LogP contribution in [0.4, 0.5) is 5.82 Å². The Bertz CT molecular complexity index is 333. The molecule has 1 heterocycles. The van der Waals surface area contributed by atoms with Crippen LogP contribution in [0.5, 0.6) is 0 Å². The Balaban J connectivity index is 2.57. The first-order chi connectivity index (χ1) is 7.27. The Morgan fingerprint density at radius 1 is 1.60 bits per heavy atom. The van der Waals surface area contributed by atoms with E-state index in [4.69, 9.17) is 5.84 Å². The summed E-state index contributed by atoms with van der Waals surface area (Å²) in [6.07, 6.45) is 4.82. The van der Waals surface area contributed by atoms with Crippen LogP contribution in [0.3, 0.4) is 0 Å². The molecule has 0 radical (unpaired) electrons. The summed E-state index contributed by atoms with van der Waals surface area (Å²) in [6.45, 7) is 0.613. The number of anilines is 1. The molecule has 4 N–H and O–H groups in total. The highest BCUT2D eigenvalue weighted by molar-refractivity contribution is 7.98. The number of thioether (sulfide) groups is 1. The topological polar surface area (TPSA) is 92.9 Å². The summed E-state index contributed by atoms with van der Waals surface area (Å²) in [7, 11) is 0. The van der Waals surface area contributed by atoms with Crippen LogP contribution in [0.25, 0.3) is 0 Å². The fourth-order valence-electron chi connectivity index (χ4n) is 0.902. The zero-order chi connectivity index (χ0) is 11.1. The largest absolute Gasteiger partial charge is 0.350 e. The van der Waals surface area contributed by atoms with E-state index in [0.29, 0.717) is 12.4 Å². The molecule has 0 aliphatic heterocycles. The molecule has 1 rings (SSSR count). The molecular formula is C8H13N5OS. The number of nitrogen functional groups attached to an aromatic ring is 1. The lowest BCUT2D eigenvalue weighted by Gasteiger charge is -2.04. The predicted molar refractivity (Wildman–Crippen MR) is 60.6 cm³/mol. The van der Waals surface area contributed by atoms with Gasteiger partial charge in [0.1, 0.15) is 5.69 Å². The zero-order valence-electron chi connectivity index (χ0n) is 8.36. The minimum Gasteiger partial charge on any atom is -0.350 e. The number of nitrogens with zero attached hydrogens (tertiary/aromatic N) is 2. The second kappa shape index (κ2) is 6.20. The standard InChI is InChI=1S/C8H13N5OS/c1-15-3-2-11-8(14)6-4-10-5-7(12-6)13-9/h4-5H,2-3,9H2,1H3,(H,11,14)(H,12,13). The third-order valence-corrected chi connectivity index (χ3v) is 2.22. The number of nitrogens with one attached hydrogen (secondary N) is 2. The van der Waals surface area contributed by atoms with Crippen LogP contribution in [-0.4, -0.2) is 34.4 Å². The smallest absolute Gasteiger partial charge is 0.271 e. The summed E-state index contributed by atoms with van der Waals surface area (Å²) in [5.74, 6) is 6.15. The zero-order valence-corrected chi connectivity index (χ0v) is 9.17. The molecule has 6 nitrogen and oxygen atoms in total. The molecule has 1 aromatic heterocycles. The number of hydrogen-bond acceptors (Lipinski definition) is 6. The van der Waals surface area contributed by atoms with Gasteiger partial charge in [-0.3, -0.25) is 9.78 Å². The molecule has 0 atom stereocenters. The molecule has 0 aliphatic rings. The molecule has 0 saturated carbocycles. The Morgan fingerprint density at radius 2 is 2.40 bits per heavy atom. The Kier molecular flexibility index (Phi) is 4.85. The molecule has 0 aromatic carbocycles. The predicted octanol–water partition coefficient (Wildman–Crippen LogP) is -0.145. The molecule has 7 heteroatoms. The van der Waals surface area contributed by atoms with Gasteiger partial charge in [-0.25, -0.2) is 10.8 Å². The van der Waals surface area contributed by atoms with Crippen LogP contribution >= 0.6 is 11.8 Å². The van der Waals surface area contributed by atoms with Gasteiger partial charge in [0.15, 0.2) is 5.82 Å². The first-order valence-electron chi connectivity index (χ1n) is 4.33. The first kappa shape index (κ1) is 11.7. The maximum atomic E-state index is 11.5. The molecule has 1 amide bonds. The second-order valence-electron chi connectivity index (χ2n) is 2.68. The highest BCUT2D eigenvalue weighted by Crippen LogP contribution is 1.99. The number of nitrogens with two attached hydrogens (primary N) is 1. The maximum absolute atomic E-state index is 11.5. The molecule has 0 bridgehead atoms. The number of carbonyl (C=O) groups is 1. The van der Waals surface area contributed by atoms with Crippen LogP contribution in [-0.2, 0) is 0 Å². The Labute approximate surface area is 92.0 Å². The minimum absolute atomic E-state index is 0.242. The van der Waals surface area contributed by atoms with Gasteiger partial charge in [-0.1, -0.05) is 0 Å². The first-order valence-corrected chi connectivity index (χ1v) is 5.73. The van der Waals surface area contributed by atoms with Gasteiger partial charge in [0.25, 0.3) is 5.91 Å². The van der Waals surface area contributed by atoms with E-state index >= 15 is 0 Å². The average Bonchev–Trinajstić information content (AvgIpc) is 2.29.